The van der Waals surface area contributed by atoms with Crippen molar-refractivity contribution >= 4 is 34.1 Å². The van der Waals surface area contributed by atoms with E-state index in [0.717, 1.165) is 16.6 Å². The molecular weight excluding hydrogens is 278 g/mol. The van der Waals surface area contributed by atoms with Gasteiger partial charge < -0.3 is 10.1 Å². The number of aromatic nitrogens is 4. The van der Waals surface area contributed by atoms with E-state index >= 15 is 0 Å². The molecule has 0 atom stereocenters. The number of rotatable bonds is 3. The SMILES string of the molecule is COc1cc(Cl)c(C)cc1Nc1ncnc2[nH]ncc12. The second kappa shape index (κ2) is 4.97. The summed E-state index contributed by atoms with van der Waals surface area (Å²) in [5, 5.41) is 11.4. The molecule has 0 saturated carbocycles. The second-order valence-corrected chi connectivity index (χ2v) is 4.69. The van der Waals surface area contributed by atoms with Crippen molar-refractivity contribution in [2.24, 2.45) is 0 Å². The number of H-pyrrole nitrogens is 1. The van der Waals surface area contributed by atoms with Crippen LogP contribution in [0.4, 0.5) is 11.5 Å². The number of aryl methyl sites for hydroxylation is 1. The lowest BCUT2D eigenvalue weighted by Gasteiger charge is -2.12. The van der Waals surface area contributed by atoms with Crippen molar-refractivity contribution < 1.29 is 4.74 Å². The summed E-state index contributed by atoms with van der Waals surface area (Å²) in [6.07, 6.45) is 3.14. The Bertz CT molecular complexity index is 771. The Kier molecular flexibility index (Phi) is 3.15. The highest BCUT2D eigenvalue weighted by atomic mass is 35.5. The monoisotopic (exact) mass is 289 g/mol. The summed E-state index contributed by atoms with van der Waals surface area (Å²) in [5.74, 6) is 1.31. The minimum atomic E-state index is 0.649. The predicted molar refractivity (Wildman–Crippen MR) is 77.7 cm³/mol. The van der Waals surface area contributed by atoms with Crippen LogP contribution in [0.1, 0.15) is 5.56 Å². The van der Waals surface area contributed by atoms with Gasteiger partial charge in [-0.3, -0.25) is 5.10 Å². The fourth-order valence-corrected chi connectivity index (χ4v) is 2.08. The minimum absolute atomic E-state index is 0.649. The molecule has 0 saturated heterocycles. The van der Waals surface area contributed by atoms with Crippen LogP contribution in [0.15, 0.2) is 24.7 Å². The number of anilines is 2. The predicted octanol–water partition coefficient (Wildman–Crippen LogP) is 3.07. The van der Waals surface area contributed by atoms with Crippen molar-refractivity contribution in [3.63, 3.8) is 0 Å². The summed E-state index contributed by atoms with van der Waals surface area (Å²) in [4.78, 5) is 8.33. The van der Waals surface area contributed by atoms with E-state index in [1.807, 2.05) is 13.0 Å². The first-order valence-electron chi connectivity index (χ1n) is 5.94. The molecule has 2 heterocycles. The van der Waals surface area contributed by atoms with Gasteiger partial charge in [-0.05, 0) is 18.6 Å². The lowest BCUT2D eigenvalue weighted by molar-refractivity contribution is 0.416. The van der Waals surface area contributed by atoms with Gasteiger partial charge in [-0.25, -0.2) is 9.97 Å². The Morgan fingerprint density at radius 3 is 2.95 bits per heavy atom. The second-order valence-electron chi connectivity index (χ2n) is 4.28. The molecule has 0 unspecified atom stereocenters. The highest BCUT2D eigenvalue weighted by Crippen LogP contribution is 2.33. The van der Waals surface area contributed by atoms with Crippen LogP contribution >= 0.6 is 11.6 Å². The zero-order valence-electron chi connectivity index (χ0n) is 10.9. The van der Waals surface area contributed by atoms with Gasteiger partial charge in [-0.15, -0.1) is 0 Å². The molecule has 2 N–H and O–H groups in total. The summed E-state index contributed by atoms with van der Waals surface area (Å²) in [6.45, 7) is 1.93. The lowest BCUT2D eigenvalue weighted by atomic mass is 10.2. The van der Waals surface area contributed by atoms with Gasteiger partial charge in [0.2, 0.25) is 0 Å². The summed E-state index contributed by atoms with van der Waals surface area (Å²) in [6, 6.07) is 3.68. The number of benzene rings is 1. The van der Waals surface area contributed by atoms with Crippen LogP contribution in [0.2, 0.25) is 5.02 Å². The maximum Gasteiger partial charge on any atom is 0.160 e. The normalized spacial score (nSPS) is 10.8. The van der Waals surface area contributed by atoms with Crippen molar-refractivity contribution in [3.05, 3.63) is 35.2 Å². The first kappa shape index (κ1) is 12.7. The number of nitrogens with zero attached hydrogens (tertiary/aromatic N) is 3. The maximum atomic E-state index is 6.10. The number of hydrogen-bond acceptors (Lipinski definition) is 5. The third-order valence-corrected chi connectivity index (χ3v) is 3.39. The standard InChI is InChI=1S/C13H12ClN5O/c1-7-3-10(11(20-2)4-9(7)14)18-12-8-5-17-19-13(8)16-6-15-12/h3-6H,1-2H3,(H2,15,16,17,18,19). The number of halogens is 1. The van der Waals surface area contributed by atoms with Crippen LogP contribution in [0.25, 0.3) is 11.0 Å². The lowest BCUT2D eigenvalue weighted by Crippen LogP contribution is -1.98. The highest BCUT2D eigenvalue weighted by molar-refractivity contribution is 6.31. The number of fused-ring (bicyclic) bond motifs is 1. The molecule has 7 heteroatoms. The third-order valence-electron chi connectivity index (χ3n) is 2.98. The minimum Gasteiger partial charge on any atom is -0.495 e. The number of methoxy groups -OCH3 is 1. The summed E-state index contributed by atoms with van der Waals surface area (Å²) in [5.41, 5.74) is 2.41. The van der Waals surface area contributed by atoms with Gasteiger partial charge in [0.05, 0.1) is 24.4 Å². The smallest absolute Gasteiger partial charge is 0.160 e. The van der Waals surface area contributed by atoms with Gasteiger partial charge >= 0.3 is 0 Å². The maximum absolute atomic E-state index is 6.10. The van der Waals surface area contributed by atoms with Crippen LogP contribution in [-0.2, 0) is 0 Å². The molecule has 102 valence electrons. The molecule has 0 radical (unpaired) electrons. The van der Waals surface area contributed by atoms with Crippen LogP contribution in [0.3, 0.4) is 0 Å². The molecule has 20 heavy (non-hydrogen) atoms. The Balaban J connectivity index is 2.07. The van der Waals surface area contributed by atoms with E-state index < -0.39 is 0 Å². The Morgan fingerprint density at radius 1 is 1.30 bits per heavy atom. The number of ether oxygens (including phenoxy) is 1. The number of nitrogens with one attached hydrogen (secondary N) is 2. The van der Waals surface area contributed by atoms with E-state index in [-0.39, 0.29) is 0 Å². The van der Waals surface area contributed by atoms with Gasteiger partial charge in [0.25, 0.3) is 0 Å². The van der Waals surface area contributed by atoms with Crippen LogP contribution in [0, 0.1) is 6.92 Å². The molecule has 2 aromatic heterocycles. The molecule has 0 aliphatic heterocycles. The quantitative estimate of drug-likeness (QED) is 0.775. The van der Waals surface area contributed by atoms with Crippen LogP contribution < -0.4 is 10.1 Å². The highest BCUT2D eigenvalue weighted by Gasteiger charge is 2.11. The molecule has 0 fully saturated rings. The van der Waals surface area contributed by atoms with Crippen LogP contribution in [0.5, 0.6) is 5.75 Å². The molecule has 6 nitrogen and oxygen atoms in total. The summed E-state index contributed by atoms with van der Waals surface area (Å²) >= 11 is 6.10. The topological polar surface area (TPSA) is 75.7 Å². The fourth-order valence-electron chi connectivity index (χ4n) is 1.92. The molecule has 0 amide bonds. The molecule has 0 spiro atoms. The Labute approximate surface area is 120 Å². The van der Waals surface area contributed by atoms with E-state index in [4.69, 9.17) is 16.3 Å². The summed E-state index contributed by atoms with van der Waals surface area (Å²) in [7, 11) is 1.60. The third kappa shape index (κ3) is 2.14. The van der Waals surface area contributed by atoms with Crippen LogP contribution in [-0.4, -0.2) is 27.3 Å². The fraction of sp³-hybridized carbons (Fsp3) is 0.154. The van der Waals surface area contributed by atoms with Gasteiger partial charge in [0, 0.05) is 11.1 Å². The zero-order chi connectivity index (χ0) is 14.1. The van der Waals surface area contributed by atoms with E-state index in [2.05, 4.69) is 25.5 Å². The van der Waals surface area contributed by atoms with Crippen molar-refractivity contribution in [2.45, 2.75) is 6.92 Å². The van der Waals surface area contributed by atoms with Gasteiger partial charge in [-0.2, -0.15) is 5.10 Å². The molecule has 0 bridgehead atoms. The van der Waals surface area contributed by atoms with Gasteiger partial charge in [-0.1, -0.05) is 11.6 Å². The van der Waals surface area contributed by atoms with E-state index in [9.17, 15) is 0 Å². The zero-order valence-corrected chi connectivity index (χ0v) is 11.7. The van der Waals surface area contributed by atoms with Crippen molar-refractivity contribution in [1.29, 1.82) is 0 Å². The average molecular weight is 290 g/mol. The molecule has 3 rings (SSSR count). The van der Waals surface area contributed by atoms with Gasteiger partial charge in [0.15, 0.2) is 5.65 Å². The average Bonchev–Trinajstić information content (AvgIpc) is 2.92. The molecule has 0 aliphatic rings. The number of hydrogen-bond donors (Lipinski definition) is 2. The van der Waals surface area contributed by atoms with Crippen molar-refractivity contribution in [2.75, 3.05) is 12.4 Å². The molecule has 0 aliphatic carbocycles. The molecular formula is C13H12ClN5O. The van der Waals surface area contributed by atoms with Crippen molar-refractivity contribution in [1.82, 2.24) is 20.2 Å². The molecule has 1 aromatic carbocycles. The molecule has 3 aromatic rings. The first-order valence-corrected chi connectivity index (χ1v) is 6.32. The summed E-state index contributed by atoms with van der Waals surface area (Å²) < 4.78 is 5.33. The Hall–Kier alpha value is -2.34. The first-order chi connectivity index (χ1) is 9.69. The number of aromatic amines is 1. The van der Waals surface area contributed by atoms with E-state index in [1.165, 1.54) is 6.33 Å². The van der Waals surface area contributed by atoms with E-state index in [1.54, 1.807) is 19.4 Å². The van der Waals surface area contributed by atoms with Gasteiger partial charge in [0.1, 0.15) is 17.9 Å². The Morgan fingerprint density at radius 2 is 2.15 bits per heavy atom. The van der Waals surface area contributed by atoms with Crippen molar-refractivity contribution in [3.8, 4) is 5.75 Å². The van der Waals surface area contributed by atoms with E-state index in [0.29, 0.717) is 22.2 Å². The largest absolute Gasteiger partial charge is 0.495 e.